The number of aromatic nitrogens is 3. The maximum absolute atomic E-state index is 12.4. The summed E-state index contributed by atoms with van der Waals surface area (Å²) >= 11 is 6.08. The lowest BCUT2D eigenvalue weighted by Gasteiger charge is -2.16. The van der Waals surface area contributed by atoms with Crippen LogP contribution < -0.4 is 0 Å². The van der Waals surface area contributed by atoms with Crippen molar-refractivity contribution in [2.75, 3.05) is 7.11 Å². The summed E-state index contributed by atoms with van der Waals surface area (Å²) in [4.78, 5) is 28.5. The molecule has 3 aromatic rings. The Bertz CT molecular complexity index is 948. The van der Waals surface area contributed by atoms with Crippen LogP contribution in [0.2, 0.25) is 5.02 Å². The van der Waals surface area contributed by atoms with Crippen LogP contribution in [-0.2, 0) is 14.3 Å². The van der Waals surface area contributed by atoms with Gasteiger partial charge in [0.05, 0.1) is 12.6 Å². The van der Waals surface area contributed by atoms with Crippen molar-refractivity contribution in [2.45, 2.75) is 6.10 Å². The van der Waals surface area contributed by atoms with Crippen molar-refractivity contribution in [3.63, 3.8) is 0 Å². The van der Waals surface area contributed by atoms with Crippen molar-refractivity contribution < 1.29 is 19.1 Å². The van der Waals surface area contributed by atoms with E-state index in [4.69, 9.17) is 21.1 Å². The zero-order chi connectivity index (χ0) is 17.8. The fourth-order valence-corrected chi connectivity index (χ4v) is 2.40. The number of halogens is 1. The summed E-state index contributed by atoms with van der Waals surface area (Å²) in [6, 6.07) is 13.4. The summed E-state index contributed by atoms with van der Waals surface area (Å²) < 4.78 is 9.94. The van der Waals surface area contributed by atoms with Crippen molar-refractivity contribution in [3.05, 3.63) is 64.9 Å². The molecule has 0 saturated heterocycles. The van der Waals surface area contributed by atoms with E-state index in [0.717, 1.165) is 0 Å². The number of carbonyl (C=O) groups excluding carboxylic acids is 2. The van der Waals surface area contributed by atoms with Gasteiger partial charge < -0.3 is 9.47 Å². The SMILES string of the molecule is COC(=O)C(OC(=O)c1nnc2ccccc2n1)c1ccccc1Cl. The molecule has 25 heavy (non-hydrogen) atoms. The molecule has 7 nitrogen and oxygen atoms in total. The van der Waals surface area contributed by atoms with Gasteiger partial charge in [-0.1, -0.05) is 41.9 Å². The Labute approximate surface area is 147 Å². The van der Waals surface area contributed by atoms with Gasteiger partial charge in [-0.2, -0.15) is 0 Å². The van der Waals surface area contributed by atoms with Crippen LogP contribution in [0.4, 0.5) is 0 Å². The maximum Gasteiger partial charge on any atom is 0.379 e. The van der Waals surface area contributed by atoms with Gasteiger partial charge in [-0.15, -0.1) is 10.2 Å². The summed E-state index contributed by atoms with van der Waals surface area (Å²) in [7, 11) is 1.19. The second-order valence-electron chi connectivity index (χ2n) is 4.95. The number of rotatable bonds is 4. The van der Waals surface area contributed by atoms with Crippen LogP contribution in [0.25, 0.3) is 11.0 Å². The Morgan fingerprint density at radius 2 is 1.68 bits per heavy atom. The Balaban J connectivity index is 1.91. The van der Waals surface area contributed by atoms with Crippen LogP contribution in [0, 0.1) is 0 Å². The van der Waals surface area contributed by atoms with Crippen molar-refractivity contribution in [3.8, 4) is 0 Å². The number of benzene rings is 2. The average Bonchev–Trinajstić information content (AvgIpc) is 2.65. The summed E-state index contributed by atoms with van der Waals surface area (Å²) in [5.74, 6) is -1.94. The second-order valence-corrected chi connectivity index (χ2v) is 5.36. The van der Waals surface area contributed by atoms with Crippen molar-refractivity contribution >= 4 is 34.6 Å². The molecule has 0 N–H and O–H groups in total. The standard InChI is InChI=1S/C17H12ClN3O4/c1-24-16(22)14(10-6-2-3-7-11(10)18)25-17(23)15-19-12-8-4-5-9-13(12)20-21-15/h2-9,14H,1H3. The first-order valence-corrected chi connectivity index (χ1v) is 7.60. The van der Waals surface area contributed by atoms with Crippen LogP contribution in [0.3, 0.4) is 0 Å². The quantitative estimate of drug-likeness (QED) is 0.663. The number of hydrogen-bond acceptors (Lipinski definition) is 7. The summed E-state index contributed by atoms with van der Waals surface area (Å²) in [6.07, 6.45) is -1.33. The smallest absolute Gasteiger partial charge is 0.379 e. The lowest BCUT2D eigenvalue weighted by atomic mass is 10.1. The van der Waals surface area contributed by atoms with Crippen LogP contribution in [0.15, 0.2) is 48.5 Å². The van der Waals surface area contributed by atoms with E-state index in [-0.39, 0.29) is 10.8 Å². The Hall–Kier alpha value is -3.06. The molecule has 2 aromatic carbocycles. The molecule has 3 rings (SSSR count). The molecule has 1 atom stereocenters. The maximum atomic E-state index is 12.4. The van der Waals surface area contributed by atoms with E-state index >= 15 is 0 Å². The topological polar surface area (TPSA) is 91.3 Å². The van der Waals surface area contributed by atoms with E-state index in [9.17, 15) is 9.59 Å². The number of ether oxygens (including phenoxy) is 2. The van der Waals surface area contributed by atoms with Gasteiger partial charge >= 0.3 is 11.9 Å². The number of esters is 2. The Morgan fingerprint density at radius 3 is 2.40 bits per heavy atom. The third-order valence-corrected chi connectivity index (χ3v) is 3.72. The predicted octanol–water partition coefficient (Wildman–Crippen LogP) is 2.75. The van der Waals surface area contributed by atoms with Crippen molar-refractivity contribution in [1.29, 1.82) is 0 Å². The number of hydrogen-bond donors (Lipinski definition) is 0. The van der Waals surface area contributed by atoms with Gasteiger partial charge in [-0.05, 0) is 18.2 Å². The number of para-hydroxylation sites is 1. The van der Waals surface area contributed by atoms with Crippen LogP contribution in [-0.4, -0.2) is 34.2 Å². The summed E-state index contributed by atoms with van der Waals surface area (Å²) in [6.45, 7) is 0. The van der Waals surface area contributed by atoms with Gasteiger partial charge in [0, 0.05) is 10.6 Å². The molecule has 0 bridgehead atoms. The normalized spacial score (nSPS) is 11.8. The molecule has 1 heterocycles. The average molecular weight is 358 g/mol. The minimum atomic E-state index is -1.33. The van der Waals surface area contributed by atoms with E-state index < -0.39 is 18.0 Å². The van der Waals surface area contributed by atoms with Gasteiger partial charge in [0.2, 0.25) is 6.10 Å². The molecule has 0 aliphatic rings. The van der Waals surface area contributed by atoms with E-state index in [0.29, 0.717) is 16.6 Å². The molecule has 0 radical (unpaired) electrons. The van der Waals surface area contributed by atoms with E-state index in [2.05, 4.69) is 15.2 Å². The molecule has 8 heteroatoms. The number of nitrogens with zero attached hydrogens (tertiary/aromatic N) is 3. The second kappa shape index (κ2) is 7.23. The first kappa shape index (κ1) is 16.8. The summed E-state index contributed by atoms with van der Waals surface area (Å²) in [5, 5.41) is 7.92. The third-order valence-electron chi connectivity index (χ3n) is 3.37. The Morgan fingerprint density at radius 1 is 1.00 bits per heavy atom. The number of methoxy groups -OCH3 is 1. The molecule has 0 amide bonds. The number of carbonyl (C=O) groups is 2. The van der Waals surface area contributed by atoms with E-state index in [1.165, 1.54) is 7.11 Å². The van der Waals surface area contributed by atoms with Crippen molar-refractivity contribution in [1.82, 2.24) is 15.2 Å². The number of fused-ring (bicyclic) bond motifs is 1. The molecule has 0 saturated carbocycles. The van der Waals surface area contributed by atoms with Gasteiger partial charge in [0.1, 0.15) is 5.52 Å². The molecule has 1 aromatic heterocycles. The monoisotopic (exact) mass is 357 g/mol. The van der Waals surface area contributed by atoms with Gasteiger partial charge in [0.25, 0.3) is 5.82 Å². The molecule has 0 spiro atoms. The first-order valence-electron chi connectivity index (χ1n) is 7.23. The highest BCUT2D eigenvalue weighted by molar-refractivity contribution is 6.31. The van der Waals surface area contributed by atoms with Gasteiger partial charge in [-0.3, -0.25) is 0 Å². The minimum absolute atomic E-state index is 0.264. The van der Waals surface area contributed by atoms with Crippen LogP contribution >= 0.6 is 11.6 Å². The lowest BCUT2D eigenvalue weighted by Crippen LogP contribution is -2.23. The van der Waals surface area contributed by atoms with E-state index in [1.807, 2.05) is 0 Å². The molecular formula is C17H12ClN3O4. The third kappa shape index (κ3) is 3.56. The molecule has 0 aliphatic carbocycles. The summed E-state index contributed by atoms with van der Waals surface area (Å²) in [5.41, 5.74) is 1.32. The Kier molecular flexibility index (Phi) is 4.85. The zero-order valence-corrected chi connectivity index (χ0v) is 13.8. The zero-order valence-electron chi connectivity index (χ0n) is 13.0. The lowest BCUT2D eigenvalue weighted by molar-refractivity contribution is -0.151. The van der Waals surface area contributed by atoms with E-state index in [1.54, 1.807) is 48.5 Å². The van der Waals surface area contributed by atoms with Gasteiger partial charge in [-0.25, -0.2) is 14.6 Å². The van der Waals surface area contributed by atoms with Crippen LogP contribution in [0.5, 0.6) is 0 Å². The fourth-order valence-electron chi connectivity index (χ4n) is 2.16. The van der Waals surface area contributed by atoms with Gasteiger partial charge in [0.15, 0.2) is 0 Å². The molecule has 126 valence electrons. The molecule has 0 fully saturated rings. The fraction of sp³-hybridized carbons (Fsp3) is 0.118. The predicted molar refractivity (Wildman–Crippen MR) is 89.0 cm³/mol. The highest BCUT2D eigenvalue weighted by Crippen LogP contribution is 2.27. The first-order chi connectivity index (χ1) is 12.1. The highest BCUT2D eigenvalue weighted by atomic mass is 35.5. The molecule has 0 aliphatic heterocycles. The largest absolute Gasteiger partial charge is 0.466 e. The molecular weight excluding hydrogens is 346 g/mol. The van der Waals surface area contributed by atoms with Crippen LogP contribution in [0.1, 0.15) is 22.3 Å². The highest BCUT2D eigenvalue weighted by Gasteiger charge is 2.29. The molecule has 1 unspecified atom stereocenters. The minimum Gasteiger partial charge on any atom is -0.466 e. The van der Waals surface area contributed by atoms with Crippen molar-refractivity contribution in [2.24, 2.45) is 0 Å².